The van der Waals surface area contributed by atoms with Gasteiger partial charge in [-0.15, -0.1) is 0 Å². The van der Waals surface area contributed by atoms with Crippen LogP contribution in [0, 0.1) is 23.6 Å². The fourth-order valence-electron chi connectivity index (χ4n) is 6.21. The molecule has 1 aromatic carbocycles. The molecule has 2 atom stereocenters. The highest BCUT2D eigenvalue weighted by atomic mass is 19.1. The predicted octanol–water partition coefficient (Wildman–Crippen LogP) is 6.72. The van der Waals surface area contributed by atoms with E-state index in [-0.39, 0.29) is 0 Å². The van der Waals surface area contributed by atoms with Crippen LogP contribution in [0.5, 0.6) is 0 Å². The van der Waals surface area contributed by atoms with Gasteiger partial charge in [0.25, 0.3) is 0 Å². The number of aromatic amines is 1. The van der Waals surface area contributed by atoms with Crippen LogP contribution in [-0.2, 0) is 0 Å². The zero-order valence-corrected chi connectivity index (χ0v) is 20.5. The van der Waals surface area contributed by atoms with Crippen molar-refractivity contribution in [3.8, 4) is 34.3 Å². The van der Waals surface area contributed by atoms with E-state index in [0.717, 1.165) is 29.3 Å². The average molecular weight is 495 g/mol. The molecular formula is C29H27FN6O. The lowest BCUT2D eigenvalue weighted by molar-refractivity contribution is 0.0928. The molecule has 2 bridgehead atoms. The molecule has 0 saturated heterocycles. The van der Waals surface area contributed by atoms with Gasteiger partial charge in [0.05, 0.1) is 11.6 Å². The minimum absolute atomic E-state index is 0.359. The zero-order chi connectivity index (χ0) is 24.9. The largest absolute Gasteiger partial charge is 0.454 e. The maximum absolute atomic E-state index is 14.1. The van der Waals surface area contributed by atoms with Crippen molar-refractivity contribution in [2.75, 3.05) is 5.32 Å². The molecule has 0 radical (unpaired) electrons. The first-order valence-corrected chi connectivity index (χ1v) is 12.9. The third kappa shape index (κ3) is 3.97. The summed E-state index contributed by atoms with van der Waals surface area (Å²) in [6.07, 6.45) is 6.30. The van der Waals surface area contributed by atoms with Crippen LogP contribution in [0.2, 0.25) is 0 Å². The quantitative estimate of drug-likeness (QED) is 0.282. The van der Waals surface area contributed by atoms with Gasteiger partial charge in [0.1, 0.15) is 28.8 Å². The number of fused-ring (bicyclic) bond motifs is 4. The van der Waals surface area contributed by atoms with E-state index in [4.69, 9.17) is 14.4 Å². The Morgan fingerprint density at radius 1 is 0.946 bits per heavy atom. The summed E-state index contributed by atoms with van der Waals surface area (Å²) < 4.78 is 20.3. The van der Waals surface area contributed by atoms with Gasteiger partial charge in [0.15, 0.2) is 17.2 Å². The third-order valence-electron chi connectivity index (χ3n) is 8.19. The van der Waals surface area contributed by atoms with Crippen molar-refractivity contribution in [1.29, 1.82) is 0 Å². The number of benzene rings is 1. The Bertz CT molecular complexity index is 1570. The highest BCUT2D eigenvalue weighted by molar-refractivity contribution is 5.89. The van der Waals surface area contributed by atoms with Gasteiger partial charge < -0.3 is 9.73 Å². The molecule has 3 aliphatic rings. The first-order chi connectivity index (χ1) is 18.1. The Hall–Kier alpha value is -4.07. The van der Waals surface area contributed by atoms with Gasteiger partial charge in [-0.3, -0.25) is 5.10 Å². The van der Waals surface area contributed by atoms with Crippen molar-refractivity contribution in [1.82, 2.24) is 25.1 Å². The molecule has 37 heavy (non-hydrogen) atoms. The van der Waals surface area contributed by atoms with Crippen LogP contribution in [0.4, 0.5) is 10.2 Å². The summed E-state index contributed by atoms with van der Waals surface area (Å²) in [5.74, 6) is 4.09. The molecule has 3 aliphatic carbocycles. The second-order valence-electron chi connectivity index (χ2n) is 10.3. The predicted molar refractivity (Wildman–Crippen MR) is 140 cm³/mol. The molecule has 4 heterocycles. The maximum atomic E-state index is 14.1. The minimum Gasteiger partial charge on any atom is -0.454 e. The number of nitrogens with zero attached hydrogens (tertiary/aromatic N) is 4. The summed E-state index contributed by atoms with van der Waals surface area (Å²) in [7, 11) is 0. The number of halogens is 1. The minimum atomic E-state index is -0.435. The topological polar surface area (TPSA) is 92.5 Å². The molecule has 2 N–H and O–H groups in total. The van der Waals surface area contributed by atoms with Crippen LogP contribution in [0.1, 0.15) is 32.6 Å². The van der Waals surface area contributed by atoms with E-state index in [9.17, 15) is 4.39 Å². The summed E-state index contributed by atoms with van der Waals surface area (Å²) >= 11 is 0. The van der Waals surface area contributed by atoms with Crippen LogP contribution in [0.3, 0.4) is 0 Å². The molecule has 0 unspecified atom stereocenters. The molecule has 186 valence electrons. The van der Waals surface area contributed by atoms with E-state index < -0.39 is 5.82 Å². The molecule has 8 heteroatoms. The van der Waals surface area contributed by atoms with Gasteiger partial charge in [-0.2, -0.15) is 5.10 Å². The molecule has 0 aliphatic heterocycles. The lowest BCUT2D eigenvalue weighted by Crippen LogP contribution is -2.47. The normalized spacial score (nSPS) is 23.0. The number of hydrogen-bond acceptors (Lipinski definition) is 6. The third-order valence-corrected chi connectivity index (χ3v) is 8.19. The Labute approximate surface area is 213 Å². The number of H-pyrrole nitrogens is 1. The molecular weight excluding hydrogens is 467 g/mol. The van der Waals surface area contributed by atoms with Crippen molar-refractivity contribution < 1.29 is 8.81 Å². The summed E-state index contributed by atoms with van der Waals surface area (Å²) in [4.78, 5) is 13.8. The van der Waals surface area contributed by atoms with Crippen molar-refractivity contribution in [2.45, 2.75) is 38.6 Å². The van der Waals surface area contributed by atoms with E-state index >= 15 is 0 Å². The summed E-state index contributed by atoms with van der Waals surface area (Å²) in [5, 5.41) is 11.5. The molecule has 8 rings (SSSR count). The first kappa shape index (κ1) is 22.2. The second-order valence-corrected chi connectivity index (χ2v) is 10.3. The maximum Gasteiger partial charge on any atom is 0.181 e. The molecule has 3 saturated carbocycles. The number of aromatic nitrogens is 5. The van der Waals surface area contributed by atoms with Crippen LogP contribution in [0.25, 0.3) is 45.3 Å². The van der Waals surface area contributed by atoms with E-state index in [1.807, 2.05) is 48.5 Å². The highest BCUT2D eigenvalue weighted by Crippen LogP contribution is 2.46. The van der Waals surface area contributed by atoms with Crippen LogP contribution in [-0.4, -0.2) is 31.2 Å². The van der Waals surface area contributed by atoms with E-state index in [1.54, 1.807) is 0 Å². The SMILES string of the molecule is C[C@H]1C2CCC(CC2)[C@@H]1Nc1cc(-c2ccc(-c3ccccc3)o2)nc(-c2[nH]nc3ncc(F)cc23)n1. The monoisotopic (exact) mass is 494 g/mol. The number of pyridine rings is 1. The lowest BCUT2D eigenvalue weighted by atomic mass is 9.62. The molecule has 4 aromatic heterocycles. The van der Waals surface area contributed by atoms with Gasteiger partial charge in [-0.05, 0) is 61.6 Å². The Balaban J connectivity index is 1.32. The van der Waals surface area contributed by atoms with Gasteiger partial charge in [-0.25, -0.2) is 19.3 Å². The zero-order valence-electron chi connectivity index (χ0n) is 20.5. The smallest absolute Gasteiger partial charge is 0.181 e. The van der Waals surface area contributed by atoms with E-state index in [0.29, 0.717) is 51.9 Å². The lowest BCUT2D eigenvalue weighted by Gasteiger charge is -2.47. The first-order valence-electron chi connectivity index (χ1n) is 12.9. The van der Waals surface area contributed by atoms with Crippen molar-refractivity contribution in [3.05, 3.63) is 66.6 Å². The van der Waals surface area contributed by atoms with Gasteiger partial charge >= 0.3 is 0 Å². The molecule has 0 spiro atoms. The standard InChI is InChI=1S/C29H27FN6O/c1-16-17-7-9-19(10-8-17)26(16)33-25-14-22(24-12-11-23(37-24)18-5-3-2-4-6-18)32-29(34-25)27-21-13-20(30)15-31-28(21)36-35-27/h2-6,11-17,19,26H,7-10H2,1H3,(H,31,35,36)(H,32,33,34)/t16-,17?,19?,26+/m0/s1. The number of furan rings is 1. The van der Waals surface area contributed by atoms with Crippen LogP contribution in [0.15, 0.2) is 65.2 Å². The van der Waals surface area contributed by atoms with Crippen molar-refractivity contribution in [2.24, 2.45) is 17.8 Å². The molecule has 7 nitrogen and oxygen atoms in total. The van der Waals surface area contributed by atoms with E-state index in [2.05, 4.69) is 27.4 Å². The fraction of sp³-hybridized carbons (Fsp3) is 0.310. The second kappa shape index (κ2) is 8.80. The molecule has 3 fully saturated rings. The average Bonchev–Trinajstić information content (AvgIpc) is 3.59. The number of nitrogens with one attached hydrogen (secondary N) is 2. The highest BCUT2D eigenvalue weighted by Gasteiger charge is 2.41. The van der Waals surface area contributed by atoms with Crippen LogP contribution >= 0.6 is 0 Å². The fourth-order valence-corrected chi connectivity index (χ4v) is 6.21. The number of hydrogen-bond donors (Lipinski definition) is 2. The summed E-state index contributed by atoms with van der Waals surface area (Å²) in [6.45, 7) is 2.35. The molecule has 5 aromatic rings. The summed E-state index contributed by atoms with van der Waals surface area (Å²) in [5.41, 5.74) is 2.59. The van der Waals surface area contributed by atoms with E-state index in [1.165, 1.54) is 31.7 Å². The Morgan fingerprint density at radius 3 is 2.54 bits per heavy atom. The van der Waals surface area contributed by atoms with Crippen molar-refractivity contribution >= 4 is 16.9 Å². The molecule has 0 amide bonds. The Morgan fingerprint density at radius 2 is 1.73 bits per heavy atom. The van der Waals surface area contributed by atoms with Gasteiger partial charge in [-0.1, -0.05) is 37.3 Å². The van der Waals surface area contributed by atoms with Crippen LogP contribution < -0.4 is 5.32 Å². The summed E-state index contributed by atoms with van der Waals surface area (Å²) in [6, 6.07) is 17.6. The van der Waals surface area contributed by atoms with Gasteiger partial charge in [0, 0.05) is 17.7 Å². The van der Waals surface area contributed by atoms with Gasteiger partial charge in [0.2, 0.25) is 0 Å². The number of rotatable bonds is 5. The number of anilines is 1. The Kier molecular flexibility index (Phi) is 5.27. The van der Waals surface area contributed by atoms with Crippen molar-refractivity contribution in [3.63, 3.8) is 0 Å².